The largest absolute Gasteiger partial charge is 0.486 e. The SMILES string of the molecule is CN1CCN(C(CNS(=O)(=O)c2ccc3c(c2)OCCO3)c2ccc(F)cc2)CC1. The van der Waals surface area contributed by atoms with E-state index in [4.69, 9.17) is 9.47 Å². The first-order valence-corrected chi connectivity index (χ1v) is 11.5. The first kappa shape index (κ1) is 21.0. The molecule has 9 heteroatoms. The van der Waals surface area contributed by atoms with Crippen molar-refractivity contribution in [2.45, 2.75) is 10.9 Å². The van der Waals surface area contributed by atoms with Crippen LogP contribution in [0.3, 0.4) is 0 Å². The molecule has 2 aromatic carbocycles. The van der Waals surface area contributed by atoms with Crippen molar-refractivity contribution in [2.75, 3.05) is 53.0 Å². The molecule has 1 N–H and O–H groups in total. The van der Waals surface area contributed by atoms with E-state index in [1.165, 1.54) is 24.3 Å². The lowest BCUT2D eigenvalue weighted by atomic mass is 10.0. The van der Waals surface area contributed by atoms with E-state index in [9.17, 15) is 12.8 Å². The molecule has 2 aliphatic heterocycles. The van der Waals surface area contributed by atoms with Crippen molar-refractivity contribution in [3.63, 3.8) is 0 Å². The average molecular weight is 436 g/mol. The lowest BCUT2D eigenvalue weighted by Crippen LogP contribution is -2.48. The Labute approximate surface area is 176 Å². The predicted octanol–water partition coefficient (Wildman–Crippen LogP) is 1.86. The number of hydrogen-bond acceptors (Lipinski definition) is 6. The number of nitrogens with zero attached hydrogens (tertiary/aromatic N) is 2. The molecular formula is C21H26FN3O4S. The number of sulfonamides is 1. The molecule has 4 rings (SSSR count). The van der Waals surface area contributed by atoms with Gasteiger partial charge in [0.1, 0.15) is 19.0 Å². The van der Waals surface area contributed by atoms with E-state index in [2.05, 4.69) is 21.6 Å². The number of ether oxygens (including phenoxy) is 2. The molecule has 0 spiro atoms. The van der Waals surface area contributed by atoms with Gasteiger partial charge < -0.3 is 14.4 Å². The van der Waals surface area contributed by atoms with Crippen LogP contribution >= 0.6 is 0 Å². The second-order valence-corrected chi connectivity index (χ2v) is 9.33. The normalized spacial score (nSPS) is 18.9. The number of hydrogen-bond donors (Lipinski definition) is 1. The van der Waals surface area contributed by atoms with Crippen LogP contribution in [0.5, 0.6) is 11.5 Å². The number of nitrogens with one attached hydrogen (secondary N) is 1. The highest BCUT2D eigenvalue weighted by atomic mass is 32.2. The molecule has 0 aliphatic carbocycles. The van der Waals surface area contributed by atoms with E-state index in [0.717, 1.165) is 31.7 Å². The Morgan fingerprint density at radius 2 is 1.67 bits per heavy atom. The first-order chi connectivity index (χ1) is 14.4. The minimum atomic E-state index is -3.75. The molecule has 2 aromatic rings. The molecule has 0 aromatic heterocycles. The lowest BCUT2D eigenvalue weighted by Gasteiger charge is -2.38. The third-order valence-corrected chi connectivity index (χ3v) is 6.95. The van der Waals surface area contributed by atoms with Gasteiger partial charge in [-0.2, -0.15) is 0 Å². The fraction of sp³-hybridized carbons (Fsp3) is 0.429. The summed E-state index contributed by atoms with van der Waals surface area (Å²) in [7, 11) is -1.69. The van der Waals surface area contributed by atoms with Crippen LogP contribution in [0.25, 0.3) is 0 Å². The molecule has 2 aliphatic rings. The van der Waals surface area contributed by atoms with Gasteiger partial charge >= 0.3 is 0 Å². The van der Waals surface area contributed by atoms with Crippen LogP contribution in [0.15, 0.2) is 47.4 Å². The molecule has 0 amide bonds. The molecule has 30 heavy (non-hydrogen) atoms. The maximum absolute atomic E-state index is 13.4. The van der Waals surface area contributed by atoms with Crippen LogP contribution in [0.1, 0.15) is 11.6 Å². The predicted molar refractivity (Wildman–Crippen MR) is 111 cm³/mol. The van der Waals surface area contributed by atoms with Crippen LogP contribution in [0, 0.1) is 5.82 Å². The highest BCUT2D eigenvalue weighted by Crippen LogP contribution is 2.32. The van der Waals surface area contributed by atoms with Crippen molar-refractivity contribution in [3.8, 4) is 11.5 Å². The van der Waals surface area contributed by atoms with Crippen molar-refractivity contribution >= 4 is 10.0 Å². The third kappa shape index (κ3) is 4.75. The maximum atomic E-state index is 13.4. The molecule has 162 valence electrons. The van der Waals surface area contributed by atoms with Crippen molar-refractivity contribution in [3.05, 3.63) is 53.8 Å². The quantitative estimate of drug-likeness (QED) is 0.747. The van der Waals surface area contributed by atoms with Gasteiger partial charge in [-0.1, -0.05) is 12.1 Å². The molecule has 1 fully saturated rings. The van der Waals surface area contributed by atoms with Crippen LogP contribution in [-0.2, 0) is 10.0 Å². The molecule has 1 saturated heterocycles. The van der Waals surface area contributed by atoms with Crippen molar-refractivity contribution in [1.29, 1.82) is 0 Å². The molecule has 1 atom stereocenters. The number of fused-ring (bicyclic) bond motifs is 1. The fourth-order valence-electron chi connectivity index (χ4n) is 3.74. The van der Waals surface area contributed by atoms with Gasteiger partial charge in [0.25, 0.3) is 0 Å². The number of rotatable bonds is 6. The van der Waals surface area contributed by atoms with E-state index in [1.807, 2.05) is 0 Å². The highest BCUT2D eigenvalue weighted by molar-refractivity contribution is 7.89. The summed E-state index contributed by atoms with van der Waals surface area (Å²) in [6, 6.07) is 10.7. The van der Waals surface area contributed by atoms with Crippen LogP contribution in [0.2, 0.25) is 0 Å². The Kier molecular flexibility index (Phi) is 6.24. The summed E-state index contributed by atoms with van der Waals surface area (Å²) in [4.78, 5) is 4.60. The van der Waals surface area contributed by atoms with Gasteiger partial charge in [-0.15, -0.1) is 0 Å². The number of piperazine rings is 1. The zero-order valence-electron chi connectivity index (χ0n) is 16.9. The van der Waals surface area contributed by atoms with E-state index in [1.54, 1.807) is 18.2 Å². The molecule has 1 unspecified atom stereocenters. The van der Waals surface area contributed by atoms with Gasteiger partial charge in [0, 0.05) is 44.8 Å². The summed E-state index contributed by atoms with van der Waals surface area (Å²) in [5.74, 6) is 0.660. The summed E-state index contributed by atoms with van der Waals surface area (Å²) in [5.41, 5.74) is 0.880. The van der Waals surface area contributed by atoms with E-state index in [0.29, 0.717) is 24.7 Å². The van der Waals surface area contributed by atoms with Crippen LogP contribution in [0.4, 0.5) is 4.39 Å². The summed E-state index contributed by atoms with van der Waals surface area (Å²) in [6.07, 6.45) is 0. The Morgan fingerprint density at radius 3 is 2.37 bits per heavy atom. The third-order valence-electron chi connectivity index (χ3n) is 5.52. The Morgan fingerprint density at radius 1 is 1.00 bits per heavy atom. The van der Waals surface area contributed by atoms with Crippen molar-refractivity contribution < 1.29 is 22.3 Å². The van der Waals surface area contributed by atoms with Crippen LogP contribution < -0.4 is 14.2 Å². The maximum Gasteiger partial charge on any atom is 0.240 e. The van der Waals surface area contributed by atoms with Crippen LogP contribution in [-0.4, -0.2) is 71.2 Å². The number of likely N-dealkylation sites (N-methyl/N-ethyl adjacent to an activating group) is 1. The van der Waals surface area contributed by atoms with E-state index >= 15 is 0 Å². The minimum absolute atomic E-state index is 0.128. The summed E-state index contributed by atoms with van der Waals surface area (Å²) in [6.45, 7) is 4.43. The van der Waals surface area contributed by atoms with Crippen molar-refractivity contribution in [2.24, 2.45) is 0 Å². The minimum Gasteiger partial charge on any atom is -0.486 e. The zero-order valence-corrected chi connectivity index (χ0v) is 17.7. The summed E-state index contributed by atoms with van der Waals surface area (Å²) >= 11 is 0. The standard InChI is InChI=1S/C21H26FN3O4S/c1-24-8-10-25(11-9-24)19(16-2-4-17(22)5-3-16)15-23-30(26,27)18-6-7-20-21(14-18)29-13-12-28-20/h2-7,14,19,23H,8-13,15H2,1H3. The molecule has 2 heterocycles. The average Bonchev–Trinajstić information content (AvgIpc) is 2.76. The molecular weight excluding hydrogens is 409 g/mol. The molecule has 7 nitrogen and oxygen atoms in total. The van der Waals surface area contributed by atoms with E-state index in [-0.39, 0.29) is 23.3 Å². The smallest absolute Gasteiger partial charge is 0.240 e. The Balaban J connectivity index is 1.53. The van der Waals surface area contributed by atoms with Gasteiger partial charge in [-0.3, -0.25) is 4.90 Å². The molecule has 0 bridgehead atoms. The second kappa shape index (κ2) is 8.89. The lowest BCUT2D eigenvalue weighted by molar-refractivity contribution is 0.113. The van der Waals surface area contributed by atoms with Gasteiger partial charge in [0.2, 0.25) is 10.0 Å². The fourth-order valence-corrected chi connectivity index (χ4v) is 4.79. The Hall–Kier alpha value is -2.20. The number of benzene rings is 2. The molecule has 0 saturated carbocycles. The first-order valence-electron chi connectivity index (χ1n) is 10.00. The van der Waals surface area contributed by atoms with Gasteiger partial charge in [-0.25, -0.2) is 17.5 Å². The Bertz CT molecular complexity index is 976. The summed E-state index contributed by atoms with van der Waals surface area (Å²) < 4.78 is 53.0. The van der Waals surface area contributed by atoms with Gasteiger partial charge in [0.05, 0.1) is 4.90 Å². The second-order valence-electron chi connectivity index (χ2n) is 7.56. The molecule has 0 radical (unpaired) electrons. The topological polar surface area (TPSA) is 71.1 Å². The number of halogens is 1. The van der Waals surface area contributed by atoms with Gasteiger partial charge in [0.15, 0.2) is 11.5 Å². The summed E-state index contributed by atoms with van der Waals surface area (Å²) in [5, 5.41) is 0. The zero-order chi connectivity index (χ0) is 21.1. The van der Waals surface area contributed by atoms with Crippen molar-refractivity contribution in [1.82, 2.24) is 14.5 Å². The monoisotopic (exact) mass is 435 g/mol. The van der Waals surface area contributed by atoms with Gasteiger partial charge in [-0.05, 0) is 36.9 Å². The van der Waals surface area contributed by atoms with E-state index < -0.39 is 10.0 Å². The highest BCUT2D eigenvalue weighted by Gasteiger charge is 2.27.